The van der Waals surface area contributed by atoms with E-state index in [2.05, 4.69) is 9.89 Å². The molecule has 1 fully saturated rings. The lowest BCUT2D eigenvalue weighted by molar-refractivity contribution is -0.113. The highest BCUT2D eigenvalue weighted by molar-refractivity contribution is 8.18. The fourth-order valence-electron chi connectivity index (χ4n) is 2.40. The van der Waals surface area contributed by atoms with Crippen molar-refractivity contribution in [2.45, 2.75) is 26.1 Å². The first-order chi connectivity index (χ1) is 10.0. The summed E-state index contributed by atoms with van der Waals surface area (Å²) in [7, 11) is 0. The number of aliphatic imine (C=N–C) groups is 1. The van der Waals surface area contributed by atoms with Gasteiger partial charge in [0.15, 0.2) is 5.17 Å². The molecule has 1 aromatic rings. The summed E-state index contributed by atoms with van der Waals surface area (Å²) in [5.41, 5.74) is 0. The predicted molar refractivity (Wildman–Crippen MR) is 88.9 cm³/mol. The maximum atomic E-state index is 12.0. The Hall–Kier alpha value is -0.820. The van der Waals surface area contributed by atoms with Gasteiger partial charge >= 0.3 is 0 Å². The van der Waals surface area contributed by atoms with Gasteiger partial charge in [0.2, 0.25) is 0 Å². The van der Waals surface area contributed by atoms with E-state index < -0.39 is 0 Å². The van der Waals surface area contributed by atoms with Crippen LogP contribution in [0.1, 0.15) is 18.7 Å². The minimum Gasteiger partial charge on any atom is -0.372 e. The standard InChI is InChI=1S/C14H15ClN2O2S2/c1-8-6-17(7-9(2)19-8)14-16-13(18)11(21-14)5-10-3-4-12(15)20-10/h3-5,8-9H,6-7H2,1-2H3/b11-5+/t8-,9-/m0/s1. The number of hydrogen-bond acceptors (Lipinski definition) is 5. The SMILES string of the molecule is C[C@H]1CN(C2=NC(=O)/C(=C\c3ccc(Cl)s3)S2)C[C@H](C)O1. The highest BCUT2D eigenvalue weighted by Crippen LogP contribution is 2.33. The Labute approximate surface area is 136 Å². The number of ether oxygens (including phenoxy) is 1. The van der Waals surface area contributed by atoms with Crippen LogP contribution in [-0.2, 0) is 9.53 Å². The molecule has 3 heterocycles. The second-order valence-corrected chi connectivity index (χ2v) is 7.87. The largest absolute Gasteiger partial charge is 0.372 e. The molecule has 2 atom stereocenters. The van der Waals surface area contributed by atoms with Crippen molar-refractivity contribution in [1.82, 2.24) is 4.90 Å². The molecule has 0 N–H and O–H groups in total. The van der Waals surface area contributed by atoms with E-state index >= 15 is 0 Å². The Morgan fingerprint density at radius 3 is 2.71 bits per heavy atom. The number of thiophene rings is 1. The Kier molecular flexibility index (Phi) is 4.40. The number of rotatable bonds is 1. The van der Waals surface area contributed by atoms with Crippen LogP contribution in [0.15, 0.2) is 22.0 Å². The monoisotopic (exact) mass is 342 g/mol. The molecule has 0 bridgehead atoms. The third-order valence-corrected chi connectivity index (χ3v) is 5.39. The first kappa shape index (κ1) is 15.1. The minimum absolute atomic E-state index is 0.149. The van der Waals surface area contributed by atoms with Gasteiger partial charge in [0.05, 0.1) is 21.4 Å². The van der Waals surface area contributed by atoms with E-state index in [0.717, 1.165) is 23.1 Å². The highest BCUT2D eigenvalue weighted by Gasteiger charge is 2.31. The quantitative estimate of drug-likeness (QED) is 0.733. The summed E-state index contributed by atoms with van der Waals surface area (Å²) in [4.78, 5) is 20.0. The van der Waals surface area contributed by atoms with Crippen LogP contribution in [0.25, 0.3) is 6.08 Å². The third-order valence-electron chi connectivity index (χ3n) is 3.17. The van der Waals surface area contributed by atoms with Crippen molar-refractivity contribution in [1.29, 1.82) is 0 Å². The van der Waals surface area contributed by atoms with Gasteiger partial charge in [0.1, 0.15) is 0 Å². The topological polar surface area (TPSA) is 41.9 Å². The Morgan fingerprint density at radius 1 is 1.38 bits per heavy atom. The lowest BCUT2D eigenvalue weighted by atomic mass is 10.2. The van der Waals surface area contributed by atoms with Gasteiger partial charge in [0.25, 0.3) is 5.91 Å². The van der Waals surface area contributed by atoms with Gasteiger partial charge in [-0.25, -0.2) is 0 Å². The van der Waals surface area contributed by atoms with Gasteiger partial charge in [-0.05, 0) is 43.8 Å². The van der Waals surface area contributed by atoms with Crippen LogP contribution in [0.2, 0.25) is 4.34 Å². The van der Waals surface area contributed by atoms with Crippen LogP contribution in [0.4, 0.5) is 0 Å². The van der Waals surface area contributed by atoms with Gasteiger partial charge in [-0.2, -0.15) is 4.99 Å². The molecule has 1 amide bonds. The molecule has 21 heavy (non-hydrogen) atoms. The third kappa shape index (κ3) is 3.51. The van der Waals surface area contributed by atoms with Crippen LogP contribution in [0, 0.1) is 0 Å². The van der Waals surface area contributed by atoms with E-state index in [1.807, 2.05) is 32.1 Å². The van der Waals surface area contributed by atoms with Crippen LogP contribution in [0.5, 0.6) is 0 Å². The molecular weight excluding hydrogens is 328 g/mol. The number of thioether (sulfide) groups is 1. The summed E-state index contributed by atoms with van der Waals surface area (Å²) >= 11 is 8.79. The van der Waals surface area contributed by atoms with Gasteiger partial charge < -0.3 is 9.64 Å². The second-order valence-electron chi connectivity index (χ2n) is 5.11. The Bertz CT molecular complexity index is 616. The number of hydrogen-bond donors (Lipinski definition) is 0. The van der Waals surface area contributed by atoms with Crippen molar-refractivity contribution in [2.24, 2.45) is 4.99 Å². The summed E-state index contributed by atoms with van der Waals surface area (Å²) in [6, 6.07) is 3.74. The maximum Gasteiger partial charge on any atom is 0.286 e. The average Bonchev–Trinajstić information content (AvgIpc) is 2.96. The van der Waals surface area contributed by atoms with E-state index in [0.29, 0.717) is 9.24 Å². The van der Waals surface area contributed by atoms with Gasteiger partial charge in [-0.3, -0.25) is 4.79 Å². The predicted octanol–water partition coefficient (Wildman–Crippen LogP) is 3.48. The number of carbonyl (C=O) groups is 1. The maximum absolute atomic E-state index is 12.0. The number of halogens is 1. The van der Waals surface area contributed by atoms with E-state index in [1.54, 1.807) is 0 Å². The first-order valence-electron chi connectivity index (χ1n) is 6.69. The highest BCUT2D eigenvalue weighted by atomic mass is 35.5. The summed E-state index contributed by atoms with van der Waals surface area (Å²) in [6.07, 6.45) is 2.15. The van der Waals surface area contributed by atoms with Crippen LogP contribution < -0.4 is 0 Å². The number of nitrogens with zero attached hydrogens (tertiary/aromatic N) is 2. The molecule has 1 aromatic heterocycles. The summed E-state index contributed by atoms with van der Waals surface area (Å²) < 4.78 is 6.43. The molecule has 3 rings (SSSR count). The van der Waals surface area contributed by atoms with E-state index in [4.69, 9.17) is 16.3 Å². The van der Waals surface area contributed by atoms with Gasteiger partial charge in [-0.15, -0.1) is 11.3 Å². The second kappa shape index (κ2) is 6.12. The fraction of sp³-hybridized carbons (Fsp3) is 0.429. The Morgan fingerprint density at radius 2 is 2.10 bits per heavy atom. The molecule has 0 unspecified atom stereocenters. The van der Waals surface area contributed by atoms with Crippen LogP contribution in [0.3, 0.4) is 0 Å². The summed E-state index contributed by atoms with van der Waals surface area (Å²) in [6.45, 7) is 5.60. The summed E-state index contributed by atoms with van der Waals surface area (Å²) in [5.74, 6) is -0.175. The van der Waals surface area contributed by atoms with Crippen molar-refractivity contribution in [3.8, 4) is 0 Å². The molecule has 0 saturated carbocycles. The molecule has 0 radical (unpaired) electrons. The number of morpholine rings is 1. The van der Waals surface area contributed by atoms with Crippen LogP contribution >= 0.6 is 34.7 Å². The smallest absolute Gasteiger partial charge is 0.286 e. The molecule has 112 valence electrons. The van der Waals surface area contributed by atoms with Crippen molar-refractivity contribution in [3.05, 3.63) is 26.3 Å². The van der Waals surface area contributed by atoms with Crippen molar-refractivity contribution >= 4 is 51.9 Å². The number of carbonyl (C=O) groups excluding carboxylic acids is 1. The zero-order valence-electron chi connectivity index (χ0n) is 11.7. The van der Waals surface area contributed by atoms with Crippen LogP contribution in [-0.4, -0.2) is 41.3 Å². The van der Waals surface area contributed by atoms with E-state index in [9.17, 15) is 4.79 Å². The molecule has 0 aliphatic carbocycles. The molecule has 4 nitrogen and oxygen atoms in total. The van der Waals surface area contributed by atoms with Gasteiger partial charge in [-0.1, -0.05) is 11.6 Å². The molecule has 2 aliphatic rings. The number of amidine groups is 1. The first-order valence-corrected chi connectivity index (χ1v) is 8.70. The van der Waals surface area contributed by atoms with E-state index in [-0.39, 0.29) is 18.1 Å². The van der Waals surface area contributed by atoms with Crippen molar-refractivity contribution in [3.63, 3.8) is 0 Å². The zero-order valence-corrected chi connectivity index (χ0v) is 14.1. The molecule has 7 heteroatoms. The van der Waals surface area contributed by atoms with Gasteiger partial charge in [0, 0.05) is 18.0 Å². The molecule has 2 aliphatic heterocycles. The fourth-order valence-corrected chi connectivity index (χ4v) is 4.40. The molecule has 1 saturated heterocycles. The minimum atomic E-state index is -0.175. The van der Waals surface area contributed by atoms with E-state index in [1.165, 1.54) is 23.1 Å². The normalized spacial score (nSPS) is 28.3. The molecule has 0 aromatic carbocycles. The zero-order chi connectivity index (χ0) is 15.0. The molecule has 0 spiro atoms. The van der Waals surface area contributed by atoms with Crippen molar-refractivity contribution in [2.75, 3.05) is 13.1 Å². The average molecular weight is 343 g/mol. The number of amides is 1. The summed E-state index contributed by atoms with van der Waals surface area (Å²) in [5, 5.41) is 0.774. The van der Waals surface area contributed by atoms with Crippen molar-refractivity contribution < 1.29 is 9.53 Å². The lowest BCUT2D eigenvalue weighted by Gasteiger charge is -2.35. The lowest BCUT2D eigenvalue weighted by Crippen LogP contribution is -2.47. The Balaban J connectivity index is 1.74. The molecular formula is C14H15ClN2O2S2.